The molecule has 0 radical (unpaired) electrons. The normalized spacial score (nSPS) is 15.5. The maximum absolute atomic E-state index is 11.9. The maximum Gasteiger partial charge on any atom is 0.323 e. The Hall–Kier alpha value is -0.960. The summed E-state index contributed by atoms with van der Waals surface area (Å²) in [6, 6.07) is -0.260. The predicted molar refractivity (Wildman–Crippen MR) is 76.3 cm³/mol. The molecule has 9 heteroatoms. The van der Waals surface area contributed by atoms with Crippen LogP contribution in [0.25, 0.3) is 0 Å². The molecule has 0 unspecified atom stereocenters. The van der Waals surface area contributed by atoms with Crippen molar-refractivity contribution in [2.24, 2.45) is 0 Å². The first kappa shape index (κ1) is 15.4. The van der Waals surface area contributed by atoms with Crippen LogP contribution in [0.5, 0.6) is 0 Å². The molecule has 112 valence electrons. The Morgan fingerprint density at radius 1 is 1.50 bits per heavy atom. The number of nitrogens with zero attached hydrogens (tertiary/aromatic N) is 3. The van der Waals surface area contributed by atoms with Gasteiger partial charge < -0.3 is 14.4 Å². The van der Waals surface area contributed by atoms with E-state index < -0.39 is 0 Å². The van der Waals surface area contributed by atoms with Crippen LogP contribution in [0.15, 0.2) is 0 Å². The van der Waals surface area contributed by atoms with E-state index in [-0.39, 0.29) is 12.3 Å². The average Bonchev–Trinajstić information content (AvgIpc) is 3.08. The Morgan fingerprint density at radius 3 is 2.95 bits per heavy atom. The van der Waals surface area contributed by atoms with E-state index in [1.165, 1.54) is 16.2 Å². The van der Waals surface area contributed by atoms with E-state index in [4.69, 9.17) is 21.1 Å². The second-order valence-electron chi connectivity index (χ2n) is 4.28. The molecule has 0 saturated carbocycles. The molecule has 1 aliphatic heterocycles. The number of urea groups is 1. The second-order valence-corrected chi connectivity index (χ2v) is 5.72. The molecule has 1 fully saturated rings. The van der Waals surface area contributed by atoms with Gasteiger partial charge in [-0.1, -0.05) is 11.3 Å². The summed E-state index contributed by atoms with van der Waals surface area (Å²) in [6.45, 7) is 1.52. The van der Waals surface area contributed by atoms with Crippen molar-refractivity contribution in [1.82, 2.24) is 15.1 Å². The van der Waals surface area contributed by atoms with Gasteiger partial charge in [-0.25, -0.2) is 4.79 Å². The Bertz CT molecular complexity index is 439. The van der Waals surface area contributed by atoms with Crippen LogP contribution in [-0.4, -0.2) is 60.1 Å². The van der Waals surface area contributed by atoms with E-state index in [9.17, 15) is 4.79 Å². The van der Waals surface area contributed by atoms with E-state index >= 15 is 0 Å². The number of nitrogens with one attached hydrogen (secondary N) is 1. The number of aromatic nitrogens is 2. The van der Waals surface area contributed by atoms with Crippen LogP contribution in [-0.2, 0) is 15.9 Å². The lowest BCUT2D eigenvalue weighted by molar-refractivity contribution is -0.0518. The molecule has 1 aliphatic rings. The van der Waals surface area contributed by atoms with Crippen LogP contribution < -0.4 is 5.32 Å². The second kappa shape index (κ2) is 7.72. The minimum absolute atomic E-state index is 0.260. The number of amides is 2. The number of likely N-dealkylation sites (N-methyl/N-ethyl adjacent to an activating group) is 1. The summed E-state index contributed by atoms with van der Waals surface area (Å²) in [5.74, 6) is 0.589. The van der Waals surface area contributed by atoms with Gasteiger partial charge >= 0.3 is 6.03 Å². The van der Waals surface area contributed by atoms with E-state index in [0.29, 0.717) is 30.8 Å². The van der Waals surface area contributed by atoms with E-state index in [1.54, 1.807) is 7.05 Å². The van der Waals surface area contributed by atoms with Gasteiger partial charge in [0.2, 0.25) is 5.13 Å². The predicted octanol–water partition coefficient (Wildman–Crippen LogP) is 1.55. The monoisotopic (exact) mass is 320 g/mol. The highest BCUT2D eigenvalue weighted by Crippen LogP contribution is 2.17. The van der Waals surface area contributed by atoms with Gasteiger partial charge in [-0.05, 0) is 6.42 Å². The molecule has 1 aromatic heterocycles. The number of carbonyl (C=O) groups excluding carboxylic acids is 1. The first-order chi connectivity index (χ1) is 9.69. The molecule has 2 rings (SSSR count). The van der Waals surface area contributed by atoms with Gasteiger partial charge in [0.1, 0.15) is 5.01 Å². The van der Waals surface area contributed by atoms with Gasteiger partial charge in [-0.3, -0.25) is 5.32 Å². The molecule has 0 spiro atoms. The summed E-state index contributed by atoms with van der Waals surface area (Å²) in [5, 5.41) is 12.0. The lowest BCUT2D eigenvalue weighted by Crippen LogP contribution is -2.37. The van der Waals surface area contributed by atoms with Gasteiger partial charge in [0, 0.05) is 19.3 Å². The topological polar surface area (TPSA) is 76.6 Å². The quantitative estimate of drug-likeness (QED) is 0.805. The fraction of sp³-hybridized carbons (Fsp3) is 0.727. The smallest absolute Gasteiger partial charge is 0.323 e. The highest BCUT2D eigenvalue weighted by atomic mass is 35.5. The highest BCUT2D eigenvalue weighted by Gasteiger charge is 2.21. The van der Waals surface area contributed by atoms with Crippen LogP contribution in [0.2, 0.25) is 0 Å². The molecule has 7 nitrogen and oxygen atoms in total. The molecule has 0 bridgehead atoms. The van der Waals surface area contributed by atoms with E-state index in [2.05, 4.69) is 15.5 Å². The summed E-state index contributed by atoms with van der Waals surface area (Å²) >= 11 is 6.98. The zero-order valence-electron chi connectivity index (χ0n) is 11.2. The number of alkyl halides is 1. The van der Waals surface area contributed by atoms with Crippen LogP contribution in [0, 0.1) is 0 Å². The van der Waals surface area contributed by atoms with Crippen molar-refractivity contribution in [3.63, 3.8) is 0 Å². The minimum Gasteiger partial charge on any atom is -0.348 e. The molecule has 0 aromatic carbocycles. The zero-order chi connectivity index (χ0) is 14.4. The minimum atomic E-state index is -0.348. The number of hydrogen-bond donors (Lipinski definition) is 1. The van der Waals surface area contributed by atoms with Crippen LogP contribution >= 0.6 is 22.9 Å². The van der Waals surface area contributed by atoms with Gasteiger partial charge in [0.15, 0.2) is 6.29 Å². The van der Waals surface area contributed by atoms with Crippen molar-refractivity contribution < 1.29 is 14.3 Å². The van der Waals surface area contributed by atoms with Crippen molar-refractivity contribution in [3.05, 3.63) is 5.01 Å². The largest absolute Gasteiger partial charge is 0.348 e. The van der Waals surface area contributed by atoms with E-state index in [1.807, 2.05) is 0 Å². The SMILES string of the molecule is CN(CC1OCCO1)C(=O)Nc1nnc(CCCCl)s1. The Morgan fingerprint density at radius 2 is 2.25 bits per heavy atom. The van der Waals surface area contributed by atoms with Crippen molar-refractivity contribution in [2.75, 3.05) is 38.0 Å². The third kappa shape index (κ3) is 4.55. The Balaban J connectivity index is 1.79. The van der Waals surface area contributed by atoms with E-state index in [0.717, 1.165) is 17.8 Å². The van der Waals surface area contributed by atoms with Crippen molar-refractivity contribution in [2.45, 2.75) is 19.1 Å². The summed E-state index contributed by atoms with van der Waals surface area (Å²) in [5.41, 5.74) is 0. The number of halogens is 1. The van der Waals surface area contributed by atoms with Gasteiger partial charge in [-0.2, -0.15) is 0 Å². The maximum atomic E-state index is 11.9. The number of rotatable bonds is 6. The highest BCUT2D eigenvalue weighted by molar-refractivity contribution is 7.15. The molecule has 1 saturated heterocycles. The number of anilines is 1. The third-order valence-electron chi connectivity index (χ3n) is 2.67. The number of hydrogen-bond acceptors (Lipinski definition) is 6. The summed E-state index contributed by atoms with van der Waals surface area (Å²) in [4.78, 5) is 13.4. The standard InChI is InChI=1S/C11H17ClN4O3S/c1-16(7-9-18-5-6-19-9)11(17)13-10-15-14-8(20-10)3-2-4-12/h9H,2-7H2,1H3,(H,13,15,17). The summed E-state index contributed by atoms with van der Waals surface area (Å²) < 4.78 is 10.6. The molecule has 1 aromatic rings. The van der Waals surface area contributed by atoms with Crippen LogP contribution in [0.3, 0.4) is 0 Å². The van der Waals surface area contributed by atoms with Crippen LogP contribution in [0.1, 0.15) is 11.4 Å². The van der Waals surface area contributed by atoms with Gasteiger partial charge in [0.05, 0.1) is 19.8 Å². The van der Waals surface area contributed by atoms with Gasteiger partial charge in [0.25, 0.3) is 0 Å². The van der Waals surface area contributed by atoms with Gasteiger partial charge in [-0.15, -0.1) is 21.8 Å². The summed E-state index contributed by atoms with van der Waals surface area (Å²) in [7, 11) is 1.68. The number of aryl methyl sites for hydroxylation is 1. The summed E-state index contributed by atoms with van der Waals surface area (Å²) in [6.07, 6.45) is 1.27. The van der Waals surface area contributed by atoms with Crippen molar-refractivity contribution in [3.8, 4) is 0 Å². The number of carbonyl (C=O) groups is 1. The Labute approximate surface area is 126 Å². The Kier molecular flexibility index (Phi) is 5.96. The lowest BCUT2D eigenvalue weighted by Gasteiger charge is -2.19. The molecule has 20 heavy (non-hydrogen) atoms. The lowest BCUT2D eigenvalue weighted by atomic mass is 10.4. The van der Waals surface area contributed by atoms with Crippen molar-refractivity contribution >= 4 is 34.1 Å². The zero-order valence-corrected chi connectivity index (χ0v) is 12.7. The molecule has 2 amide bonds. The van der Waals surface area contributed by atoms with Crippen LogP contribution in [0.4, 0.5) is 9.93 Å². The molecular weight excluding hydrogens is 304 g/mol. The molecule has 0 aliphatic carbocycles. The molecular formula is C11H17ClN4O3S. The first-order valence-electron chi connectivity index (χ1n) is 6.32. The third-order valence-corrected chi connectivity index (χ3v) is 3.83. The molecule has 1 N–H and O–H groups in total. The first-order valence-corrected chi connectivity index (χ1v) is 7.68. The molecule has 2 heterocycles. The average molecular weight is 321 g/mol. The fourth-order valence-corrected chi connectivity index (χ4v) is 2.53. The van der Waals surface area contributed by atoms with Crippen molar-refractivity contribution in [1.29, 1.82) is 0 Å². The fourth-order valence-electron chi connectivity index (χ4n) is 1.63. The molecule has 0 atom stereocenters. The number of ether oxygens (including phenoxy) is 2.